The van der Waals surface area contributed by atoms with E-state index in [-0.39, 0.29) is 11.4 Å². The highest BCUT2D eigenvalue weighted by molar-refractivity contribution is 5.55. The number of benzene rings is 2. The van der Waals surface area contributed by atoms with Crippen LogP contribution in [0.2, 0.25) is 0 Å². The van der Waals surface area contributed by atoms with E-state index in [0.29, 0.717) is 17.2 Å². The highest BCUT2D eigenvalue weighted by Crippen LogP contribution is 2.41. The maximum atomic E-state index is 11.0. The smallest absolute Gasteiger partial charge is 0.311 e. The molecule has 0 heterocycles. The molecule has 0 aliphatic rings. The van der Waals surface area contributed by atoms with E-state index in [1.807, 2.05) is 0 Å². The van der Waals surface area contributed by atoms with Gasteiger partial charge in [0.25, 0.3) is 0 Å². The van der Waals surface area contributed by atoms with Crippen molar-refractivity contribution in [2.24, 2.45) is 0 Å². The first-order chi connectivity index (χ1) is 9.67. The number of hydrogen-bond donors (Lipinski definition) is 0. The number of hydrogen-bond acceptors (Lipinski definition) is 5. The lowest BCUT2D eigenvalue weighted by Crippen LogP contribution is -1.96. The number of ether oxygens (including phenoxy) is 3. The summed E-state index contributed by atoms with van der Waals surface area (Å²) in [5.74, 6) is 1.36. The second-order valence-corrected chi connectivity index (χ2v) is 3.82. The molecule has 20 heavy (non-hydrogen) atoms. The van der Waals surface area contributed by atoms with E-state index in [9.17, 15) is 10.1 Å². The fourth-order valence-electron chi connectivity index (χ4n) is 1.75. The van der Waals surface area contributed by atoms with Crippen molar-refractivity contribution in [1.82, 2.24) is 0 Å². The lowest BCUT2D eigenvalue weighted by Gasteiger charge is -2.13. The molecule has 2 aromatic rings. The average molecular weight is 275 g/mol. The summed E-state index contributed by atoms with van der Waals surface area (Å²) in [6, 6.07) is 11.2. The molecule has 0 atom stereocenters. The number of methoxy groups -OCH3 is 2. The SMILES string of the molecule is COc1cccc(Oc2ccccc2[N+](=O)[O-])c1OC. The van der Waals surface area contributed by atoms with Crippen LogP contribution in [0.1, 0.15) is 0 Å². The molecule has 104 valence electrons. The number of nitro groups is 1. The Balaban J connectivity index is 2.43. The zero-order chi connectivity index (χ0) is 14.5. The van der Waals surface area contributed by atoms with Gasteiger partial charge >= 0.3 is 5.69 Å². The Kier molecular flexibility index (Phi) is 4.05. The molecule has 0 aliphatic heterocycles. The molecule has 0 aromatic heterocycles. The van der Waals surface area contributed by atoms with Gasteiger partial charge in [0.15, 0.2) is 11.5 Å². The summed E-state index contributed by atoms with van der Waals surface area (Å²) in [6.45, 7) is 0. The molecule has 0 aliphatic carbocycles. The Bertz CT molecular complexity index is 627. The van der Waals surface area contributed by atoms with Crippen molar-refractivity contribution in [2.45, 2.75) is 0 Å². The van der Waals surface area contributed by atoms with Crippen molar-refractivity contribution in [3.05, 3.63) is 52.6 Å². The van der Waals surface area contributed by atoms with Gasteiger partial charge in [-0.25, -0.2) is 0 Å². The van der Waals surface area contributed by atoms with Gasteiger partial charge in [0.2, 0.25) is 11.5 Å². The van der Waals surface area contributed by atoms with Gasteiger partial charge in [0.05, 0.1) is 19.1 Å². The van der Waals surface area contributed by atoms with Crippen LogP contribution >= 0.6 is 0 Å². The summed E-state index contributed by atoms with van der Waals surface area (Å²) >= 11 is 0. The van der Waals surface area contributed by atoms with Gasteiger partial charge in [-0.2, -0.15) is 0 Å². The lowest BCUT2D eigenvalue weighted by molar-refractivity contribution is -0.385. The Morgan fingerprint density at radius 2 is 1.55 bits per heavy atom. The molecule has 0 unspecified atom stereocenters. The quantitative estimate of drug-likeness (QED) is 0.617. The molecule has 6 nitrogen and oxygen atoms in total. The zero-order valence-corrected chi connectivity index (χ0v) is 11.0. The minimum atomic E-state index is -0.498. The highest BCUT2D eigenvalue weighted by atomic mass is 16.6. The van der Waals surface area contributed by atoms with Gasteiger partial charge in [0, 0.05) is 6.07 Å². The lowest BCUT2D eigenvalue weighted by atomic mass is 10.2. The normalized spacial score (nSPS) is 9.90. The largest absolute Gasteiger partial charge is 0.493 e. The summed E-state index contributed by atoms with van der Waals surface area (Å²) < 4.78 is 16.0. The van der Waals surface area contributed by atoms with E-state index in [4.69, 9.17) is 14.2 Å². The molecule has 0 amide bonds. The van der Waals surface area contributed by atoms with Crippen LogP contribution in [0.5, 0.6) is 23.0 Å². The Morgan fingerprint density at radius 3 is 2.20 bits per heavy atom. The first-order valence-electron chi connectivity index (χ1n) is 5.79. The van der Waals surface area contributed by atoms with Crippen LogP contribution in [0.4, 0.5) is 5.69 Å². The summed E-state index contributed by atoms with van der Waals surface area (Å²) in [5, 5.41) is 11.0. The van der Waals surface area contributed by atoms with Gasteiger partial charge in [-0.15, -0.1) is 0 Å². The Labute approximate surface area is 115 Å². The summed E-state index contributed by atoms with van der Waals surface area (Å²) in [5.41, 5.74) is -0.114. The number of para-hydroxylation sites is 3. The molecule has 0 N–H and O–H groups in total. The van der Waals surface area contributed by atoms with Crippen molar-refractivity contribution in [3.63, 3.8) is 0 Å². The number of nitrogens with zero attached hydrogens (tertiary/aromatic N) is 1. The molecule has 0 fully saturated rings. The van der Waals surface area contributed by atoms with Crippen LogP contribution in [0, 0.1) is 10.1 Å². The van der Waals surface area contributed by atoms with E-state index in [1.165, 1.54) is 26.4 Å². The predicted molar refractivity (Wildman–Crippen MR) is 72.7 cm³/mol. The number of rotatable bonds is 5. The zero-order valence-electron chi connectivity index (χ0n) is 11.0. The minimum absolute atomic E-state index is 0.114. The summed E-state index contributed by atoms with van der Waals surface area (Å²) in [7, 11) is 2.98. The maximum Gasteiger partial charge on any atom is 0.311 e. The van der Waals surface area contributed by atoms with Gasteiger partial charge in [-0.3, -0.25) is 10.1 Å². The molecular formula is C14H13NO5. The molecule has 0 spiro atoms. The van der Waals surface area contributed by atoms with Crippen molar-refractivity contribution in [3.8, 4) is 23.0 Å². The van der Waals surface area contributed by atoms with Crippen molar-refractivity contribution in [2.75, 3.05) is 14.2 Å². The van der Waals surface area contributed by atoms with Crippen LogP contribution < -0.4 is 14.2 Å². The molecule has 0 saturated heterocycles. The van der Waals surface area contributed by atoms with Crippen LogP contribution in [-0.4, -0.2) is 19.1 Å². The minimum Gasteiger partial charge on any atom is -0.493 e. The standard InChI is InChI=1S/C14H13NO5/c1-18-12-8-5-9-13(14(12)19-2)20-11-7-4-3-6-10(11)15(16)17/h3-9H,1-2H3. The van der Waals surface area contributed by atoms with E-state index >= 15 is 0 Å². The second-order valence-electron chi connectivity index (χ2n) is 3.82. The van der Waals surface area contributed by atoms with Crippen LogP contribution in [0.25, 0.3) is 0 Å². The molecule has 0 radical (unpaired) electrons. The molecule has 6 heteroatoms. The predicted octanol–water partition coefficient (Wildman–Crippen LogP) is 3.40. The van der Waals surface area contributed by atoms with Crippen molar-refractivity contribution in [1.29, 1.82) is 0 Å². The second kappa shape index (κ2) is 5.92. The van der Waals surface area contributed by atoms with Crippen LogP contribution in [0.3, 0.4) is 0 Å². The van der Waals surface area contributed by atoms with Crippen molar-refractivity contribution >= 4 is 5.69 Å². The molecule has 2 aromatic carbocycles. The monoisotopic (exact) mass is 275 g/mol. The average Bonchev–Trinajstić information content (AvgIpc) is 2.47. The first-order valence-corrected chi connectivity index (χ1v) is 5.79. The number of nitro benzene ring substituents is 1. The third kappa shape index (κ3) is 2.64. The molecule has 2 rings (SSSR count). The van der Waals surface area contributed by atoms with Gasteiger partial charge in [0.1, 0.15) is 0 Å². The van der Waals surface area contributed by atoms with Gasteiger partial charge in [-0.1, -0.05) is 18.2 Å². The maximum absolute atomic E-state index is 11.0. The fraction of sp³-hybridized carbons (Fsp3) is 0.143. The van der Waals surface area contributed by atoms with Gasteiger partial charge in [-0.05, 0) is 18.2 Å². The van der Waals surface area contributed by atoms with E-state index < -0.39 is 4.92 Å². The highest BCUT2D eigenvalue weighted by Gasteiger charge is 2.18. The topological polar surface area (TPSA) is 70.8 Å². The molecule has 0 saturated carbocycles. The van der Waals surface area contributed by atoms with Crippen LogP contribution in [-0.2, 0) is 0 Å². The Hall–Kier alpha value is -2.76. The van der Waals surface area contributed by atoms with Crippen molar-refractivity contribution < 1.29 is 19.1 Å². The summed E-state index contributed by atoms with van der Waals surface area (Å²) in [6.07, 6.45) is 0. The van der Waals surface area contributed by atoms with E-state index in [1.54, 1.807) is 30.3 Å². The third-order valence-electron chi connectivity index (χ3n) is 2.65. The van der Waals surface area contributed by atoms with E-state index in [0.717, 1.165) is 0 Å². The summed E-state index contributed by atoms with van der Waals surface area (Å²) in [4.78, 5) is 10.5. The fourth-order valence-corrected chi connectivity index (χ4v) is 1.75. The molecule has 0 bridgehead atoms. The van der Waals surface area contributed by atoms with Gasteiger partial charge < -0.3 is 14.2 Å². The third-order valence-corrected chi connectivity index (χ3v) is 2.65. The first kappa shape index (κ1) is 13.7. The molecular weight excluding hydrogens is 262 g/mol. The van der Waals surface area contributed by atoms with Crippen LogP contribution in [0.15, 0.2) is 42.5 Å². The van der Waals surface area contributed by atoms with E-state index in [2.05, 4.69) is 0 Å². The Morgan fingerprint density at radius 1 is 0.900 bits per heavy atom.